The normalized spacial score (nSPS) is 10.2. The van der Waals surface area contributed by atoms with E-state index in [0.29, 0.717) is 42.3 Å². The first-order valence-corrected chi connectivity index (χ1v) is 6.38. The van der Waals surface area contributed by atoms with Gasteiger partial charge in [-0.3, -0.25) is 4.79 Å². The molecule has 2 N–H and O–H groups in total. The number of carbonyl (C=O) groups excluding carboxylic acids is 1. The minimum atomic E-state index is -0.0799. The Morgan fingerprint density at radius 1 is 1.44 bits per heavy atom. The second-order valence-electron chi connectivity index (χ2n) is 3.81. The molecule has 0 unspecified atom stereocenters. The molecule has 0 atom stereocenters. The van der Waals surface area contributed by atoms with Gasteiger partial charge in [0.05, 0.1) is 11.6 Å². The predicted octanol–water partition coefficient (Wildman–Crippen LogP) is 2.84. The highest BCUT2D eigenvalue weighted by molar-refractivity contribution is 6.32. The van der Waals surface area contributed by atoms with Crippen LogP contribution in [-0.2, 0) is 4.79 Å². The monoisotopic (exact) mass is 271 g/mol. The quantitative estimate of drug-likeness (QED) is 0.750. The predicted molar refractivity (Wildman–Crippen MR) is 72.2 cm³/mol. The van der Waals surface area contributed by atoms with Crippen LogP contribution in [0.25, 0.3) is 0 Å². The Labute approximate surface area is 112 Å². The van der Waals surface area contributed by atoms with Gasteiger partial charge < -0.3 is 15.2 Å². The van der Waals surface area contributed by atoms with Crippen molar-refractivity contribution in [3.05, 3.63) is 23.2 Å². The minimum Gasteiger partial charge on any atom is -0.492 e. The number of unbranched alkanes of at least 4 members (excludes halogenated alkanes) is 1. The first-order valence-electron chi connectivity index (χ1n) is 6.00. The van der Waals surface area contributed by atoms with Gasteiger partial charge in [0.25, 0.3) is 0 Å². The van der Waals surface area contributed by atoms with Crippen molar-refractivity contribution in [1.29, 1.82) is 0 Å². The number of aliphatic hydroxyl groups excluding tert-OH is 1. The molecular weight excluding hydrogens is 254 g/mol. The maximum atomic E-state index is 11.5. The summed E-state index contributed by atoms with van der Waals surface area (Å²) in [6, 6.07) is 5.15. The number of aliphatic hydroxyl groups is 1. The van der Waals surface area contributed by atoms with Crippen molar-refractivity contribution in [3.8, 4) is 5.75 Å². The van der Waals surface area contributed by atoms with Crippen LogP contribution >= 0.6 is 11.6 Å². The standard InChI is InChI=1S/C13H18ClNO3/c1-2-18-12-7-6-10(9-11(12)14)15-13(17)5-3-4-8-16/h6-7,9,16H,2-5,8H2,1H3,(H,15,17). The molecule has 0 aliphatic heterocycles. The van der Waals surface area contributed by atoms with Gasteiger partial charge in [0, 0.05) is 18.7 Å². The average molecular weight is 272 g/mol. The summed E-state index contributed by atoms with van der Waals surface area (Å²) in [5.41, 5.74) is 0.650. The largest absolute Gasteiger partial charge is 0.492 e. The van der Waals surface area contributed by atoms with E-state index >= 15 is 0 Å². The van der Waals surface area contributed by atoms with E-state index in [4.69, 9.17) is 21.4 Å². The molecule has 1 rings (SSSR count). The molecule has 0 bridgehead atoms. The van der Waals surface area contributed by atoms with Crippen LogP contribution in [0.3, 0.4) is 0 Å². The molecule has 0 spiro atoms. The molecule has 1 aromatic rings. The van der Waals surface area contributed by atoms with Crippen LogP contribution in [0.1, 0.15) is 26.2 Å². The highest BCUT2D eigenvalue weighted by Gasteiger charge is 2.05. The summed E-state index contributed by atoms with van der Waals surface area (Å²) in [6.45, 7) is 2.54. The van der Waals surface area contributed by atoms with E-state index < -0.39 is 0 Å². The summed E-state index contributed by atoms with van der Waals surface area (Å²) in [6.07, 6.45) is 1.70. The molecule has 0 saturated carbocycles. The Hall–Kier alpha value is -1.26. The van der Waals surface area contributed by atoms with E-state index in [-0.39, 0.29) is 12.5 Å². The van der Waals surface area contributed by atoms with Crippen molar-refractivity contribution >= 4 is 23.2 Å². The van der Waals surface area contributed by atoms with Gasteiger partial charge in [-0.2, -0.15) is 0 Å². The summed E-state index contributed by atoms with van der Waals surface area (Å²) >= 11 is 6.01. The third-order valence-electron chi connectivity index (χ3n) is 2.33. The number of ether oxygens (including phenoxy) is 1. The molecule has 0 saturated heterocycles. The van der Waals surface area contributed by atoms with Crippen LogP contribution < -0.4 is 10.1 Å². The lowest BCUT2D eigenvalue weighted by atomic mass is 10.2. The molecule has 0 fully saturated rings. The maximum Gasteiger partial charge on any atom is 0.224 e. The molecule has 18 heavy (non-hydrogen) atoms. The molecule has 1 aromatic carbocycles. The summed E-state index contributed by atoms with van der Waals surface area (Å²) in [4.78, 5) is 11.5. The Kier molecular flexibility index (Phi) is 6.54. The lowest BCUT2D eigenvalue weighted by molar-refractivity contribution is -0.116. The summed E-state index contributed by atoms with van der Waals surface area (Å²) in [5, 5.41) is 11.9. The van der Waals surface area contributed by atoms with Crippen molar-refractivity contribution in [2.24, 2.45) is 0 Å². The van der Waals surface area contributed by atoms with Gasteiger partial charge in [0.15, 0.2) is 0 Å². The van der Waals surface area contributed by atoms with Gasteiger partial charge in [-0.15, -0.1) is 0 Å². The molecule has 1 amide bonds. The van der Waals surface area contributed by atoms with Crippen LogP contribution in [-0.4, -0.2) is 24.2 Å². The smallest absolute Gasteiger partial charge is 0.224 e. The average Bonchev–Trinajstić information content (AvgIpc) is 2.33. The lowest BCUT2D eigenvalue weighted by Gasteiger charge is -2.09. The molecule has 0 radical (unpaired) electrons. The molecule has 0 aliphatic rings. The SMILES string of the molecule is CCOc1ccc(NC(=O)CCCCO)cc1Cl. The van der Waals surface area contributed by atoms with E-state index in [0.717, 1.165) is 0 Å². The molecule has 0 aliphatic carbocycles. The van der Waals surface area contributed by atoms with Crippen molar-refractivity contribution in [3.63, 3.8) is 0 Å². The van der Waals surface area contributed by atoms with E-state index in [1.165, 1.54) is 0 Å². The number of hydrogen-bond donors (Lipinski definition) is 2. The first kappa shape index (κ1) is 14.8. The third kappa shape index (κ3) is 4.94. The highest BCUT2D eigenvalue weighted by atomic mass is 35.5. The fourth-order valence-corrected chi connectivity index (χ4v) is 1.71. The lowest BCUT2D eigenvalue weighted by Crippen LogP contribution is -2.11. The van der Waals surface area contributed by atoms with E-state index in [1.807, 2.05) is 6.92 Å². The summed E-state index contributed by atoms with van der Waals surface area (Å²) in [7, 11) is 0. The Balaban J connectivity index is 2.52. The van der Waals surface area contributed by atoms with Crippen molar-refractivity contribution < 1.29 is 14.6 Å². The Bertz CT molecular complexity index is 396. The fraction of sp³-hybridized carbons (Fsp3) is 0.462. The second-order valence-corrected chi connectivity index (χ2v) is 4.21. The number of benzene rings is 1. The van der Waals surface area contributed by atoms with Gasteiger partial charge in [0.2, 0.25) is 5.91 Å². The topological polar surface area (TPSA) is 58.6 Å². The zero-order valence-corrected chi connectivity index (χ0v) is 11.2. The van der Waals surface area contributed by atoms with E-state index in [2.05, 4.69) is 5.32 Å². The number of hydrogen-bond acceptors (Lipinski definition) is 3. The number of rotatable bonds is 7. The van der Waals surface area contributed by atoms with Crippen LogP contribution in [0.2, 0.25) is 5.02 Å². The molecule has 0 heterocycles. The van der Waals surface area contributed by atoms with Gasteiger partial charge >= 0.3 is 0 Å². The van der Waals surface area contributed by atoms with Crippen LogP contribution in [0, 0.1) is 0 Å². The van der Waals surface area contributed by atoms with Crippen LogP contribution in [0.5, 0.6) is 5.75 Å². The minimum absolute atomic E-state index is 0.0799. The van der Waals surface area contributed by atoms with Crippen LogP contribution in [0.4, 0.5) is 5.69 Å². The van der Waals surface area contributed by atoms with E-state index in [9.17, 15) is 4.79 Å². The van der Waals surface area contributed by atoms with Crippen molar-refractivity contribution in [1.82, 2.24) is 0 Å². The molecular formula is C13H18ClNO3. The van der Waals surface area contributed by atoms with Gasteiger partial charge in [-0.25, -0.2) is 0 Å². The first-order chi connectivity index (χ1) is 8.67. The molecule has 0 aromatic heterocycles. The van der Waals surface area contributed by atoms with Crippen molar-refractivity contribution in [2.45, 2.75) is 26.2 Å². The number of halogens is 1. The molecule has 4 nitrogen and oxygen atoms in total. The summed E-state index contributed by atoms with van der Waals surface area (Å²) in [5.74, 6) is 0.529. The number of amides is 1. The van der Waals surface area contributed by atoms with Crippen LogP contribution in [0.15, 0.2) is 18.2 Å². The van der Waals surface area contributed by atoms with Gasteiger partial charge in [0.1, 0.15) is 5.75 Å². The highest BCUT2D eigenvalue weighted by Crippen LogP contribution is 2.27. The summed E-state index contributed by atoms with van der Waals surface area (Å²) < 4.78 is 5.30. The maximum absolute atomic E-state index is 11.5. The zero-order valence-electron chi connectivity index (χ0n) is 10.4. The van der Waals surface area contributed by atoms with E-state index in [1.54, 1.807) is 18.2 Å². The third-order valence-corrected chi connectivity index (χ3v) is 2.62. The Morgan fingerprint density at radius 2 is 2.22 bits per heavy atom. The van der Waals surface area contributed by atoms with Gasteiger partial charge in [-0.05, 0) is 38.0 Å². The second kappa shape index (κ2) is 7.95. The number of nitrogens with one attached hydrogen (secondary N) is 1. The fourth-order valence-electron chi connectivity index (χ4n) is 1.47. The zero-order chi connectivity index (χ0) is 13.4. The van der Waals surface area contributed by atoms with Crippen molar-refractivity contribution in [2.75, 3.05) is 18.5 Å². The molecule has 100 valence electrons. The number of anilines is 1. The van der Waals surface area contributed by atoms with Gasteiger partial charge in [-0.1, -0.05) is 11.6 Å². The Morgan fingerprint density at radius 3 is 2.83 bits per heavy atom. The molecule has 5 heteroatoms. The number of carbonyl (C=O) groups is 1.